The molecule has 4 aromatic rings. The van der Waals surface area contributed by atoms with E-state index in [1.807, 2.05) is 60.7 Å². The first kappa shape index (κ1) is 30.5. The van der Waals surface area contributed by atoms with Crippen LogP contribution in [0, 0.1) is 0 Å². The van der Waals surface area contributed by atoms with Crippen LogP contribution < -0.4 is 21.1 Å². The van der Waals surface area contributed by atoms with Gasteiger partial charge in [-0.05, 0) is 47.5 Å². The van der Waals surface area contributed by atoms with Crippen molar-refractivity contribution < 1.29 is 25.9 Å². The Labute approximate surface area is 265 Å². The Hall–Kier alpha value is -5.54. The lowest BCUT2D eigenvalue weighted by atomic mass is 10.1. The van der Waals surface area contributed by atoms with Crippen LogP contribution in [0.15, 0.2) is 142 Å². The highest BCUT2D eigenvalue weighted by atomic mass is 32.2. The van der Waals surface area contributed by atoms with Gasteiger partial charge in [-0.1, -0.05) is 84.9 Å². The number of hydrazone groups is 2. The van der Waals surface area contributed by atoms with E-state index in [4.69, 9.17) is 0 Å². The summed E-state index contributed by atoms with van der Waals surface area (Å²) >= 11 is 0. The molecule has 0 saturated carbocycles. The Balaban J connectivity index is 1.32. The molecule has 0 aliphatic carbocycles. The van der Waals surface area contributed by atoms with Crippen LogP contribution in [-0.4, -0.2) is 37.4 Å². The molecule has 0 radical (unpaired) electrons. The molecule has 12 nitrogen and oxygen atoms in total. The van der Waals surface area contributed by atoms with Crippen molar-refractivity contribution in [2.75, 3.05) is 10.2 Å². The normalized spacial score (nSPS) is 14.9. The quantitative estimate of drug-likeness (QED) is 0.153. The Morgan fingerprint density at radius 1 is 0.565 bits per heavy atom. The van der Waals surface area contributed by atoms with Gasteiger partial charge in [-0.2, -0.15) is 37.3 Å². The second-order valence-corrected chi connectivity index (χ2v) is 12.8. The van der Waals surface area contributed by atoms with Crippen LogP contribution in [-0.2, 0) is 20.2 Å². The number of allylic oxidation sites excluding steroid dienone is 2. The van der Waals surface area contributed by atoms with E-state index in [1.165, 1.54) is 46.7 Å². The Morgan fingerprint density at radius 2 is 0.957 bits per heavy atom. The maximum Gasteiger partial charge on any atom is 0.295 e. The van der Waals surface area contributed by atoms with Gasteiger partial charge in [0.05, 0.1) is 22.8 Å². The van der Waals surface area contributed by atoms with Crippen molar-refractivity contribution in [3.8, 4) is 0 Å². The Morgan fingerprint density at radius 3 is 1.33 bits per heavy atom. The number of benzene rings is 4. The van der Waals surface area contributed by atoms with Gasteiger partial charge >= 0.3 is 0 Å². The average molecular weight is 655 g/mol. The minimum atomic E-state index is -4.73. The fraction of sp³-hybridized carbons (Fsp3) is 0. The molecule has 0 atom stereocenters. The summed E-state index contributed by atoms with van der Waals surface area (Å²) in [5, 5.41) is 11.7. The maximum atomic E-state index is 12.4. The minimum absolute atomic E-state index is 0.0661. The average Bonchev–Trinajstić information content (AvgIpc) is 3.07. The number of hydrogen-bond acceptors (Lipinski definition) is 10. The smallest absolute Gasteiger partial charge is 0.285 e. The van der Waals surface area contributed by atoms with Crippen molar-refractivity contribution in [2.24, 2.45) is 10.2 Å². The molecule has 4 aromatic carbocycles. The lowest BCUT2D eigenvalue weighted by molar-refractivity contribution is 0.480. The molecule has 0 fully saturated rings. The van der Waals surface area contributed by atoms with Gasteiger partial charge in [-0.25, -0.2) is 0 Å². The second kappa shape index (κ2) is 12.5. The SMILES string of the molecule is O=S(=O)(O)c1cc(N2N=C(c3ccccc3)C=CN2)ccc1C=Cc1ccc(N2N=C(c3ccccc3)C=CN2)cc1S(=O)(=O)O. The van der Waals surface area contributed by atoms with Crippen molar-refractivity contribution in [1.82, 2.24) is 10.9 Å². The van der Waals surface area contributed by atoms with E-state index in [9.17, 15) is 25.9 Å². The highest BCUT2D eigenvalue weighted by Crippen LogP contribution is 2.29. The largest absolute Gasteiger partial charge is 0.295 e. The summed E-state index contributed by atoms with van der Waals surface area (Å²) in [4.78, 5) is -0.877. The number of nitrogens with zero attached hydrogens (tertiary/aromatic N) is 4. The van der Waals surface area contributed by atoms with Crippen molar-refractivity contribution in [2.45, 2.75) is 9.79 Å². The van der Waals surface area contributed by atoms with Crippen LogP contribution in [0.3, 0.4) is 0 Å². The second-order valence-electron chi connectivity index (χ2n) is 9.98. The van der Waals surface area contributed by atoms with Crippen molar-refractivity contribution in [3.63, 3.8) is 0 Å². The molecule has 2 heterocycles. The zero-order valence-electron chi connectivity index (χ0n) is 23.8. The molecular weight excluding hydrogens is 629 g/mol. The molecular formula is C32H26N6O6S2. The molecule has 0 amide bonds. The van der Waals surface area contributed by atoms with Gasteiger partial charge in [0.15, 0.2) is 0 Å². The Kier molecular flexibility index (Phi) is 8.25. The molecule has 0 bridgehead atoms. The number of nitrogens with one attached hydrogen (secondary N) is 2. The van der Waals surface area contributed by atoms with Gasteiger partial charge in [-0.15, -0.1) is 0 Å². The molecule has 0 spiro atoms. The van der Waals surface area contributed by atoms with E-state index in [0.717, 1.165) is 11.1 Å². The summed E-state index contributed by atoms with van der Waals surface area (Å²) in [6.07, 6.45) is 9.45. The summed E-state index contributed by atoms with van der Waals surface area (Å²) in [7, 11) is -9.46. The van der Waals surface area contributed by atoms with Crippen LogP contribution in [0.4, 0.5) is 11.4 Å². The predicted molar refractivity (Wildman–Crippen MR) is 177 cm³/mol. The number of rotatable bonds is 8. The zero-order chi connectivity index (χ0) is 32.3. The van der Waals surface area contributed by atoms with Crippen molar-refractivity contribution in [1.29, 1.82) is 0 Å². The molecule has 0 aromatic heterocycles. The molecule has 4 N–H and O–H groups in total. The summed E-state index contributed by atoms with van der Waals surface area (Å²) in [6, 6.07) is 27.3. The first-order valence-electron chi connectivity index (χ1n) is 13.7. The summed E-state index contributed by atoms with van der Waals surface area (Å²) < 4.78 is 69.9. The fourth-order valence-electron chi connectivity index (χ4n) is 4.72. The summed E-state index contributed by atoms with van der Waals surface area (Å²) in [5.41, 5.74) is 9.51. The topological polar surface area (TPSA) is 164 Å². The van der Waals surface area contributed by atoms with Crippen molar-refractivity contribution in [3.05, 3.63) is 144 Å². The molecule has 0 unspecified atom stereocenters. The van der Waals surface area contributed by atoms with E-state index in [1.54, 1.807) is 36.7 Å². The lowest BCUT2D eigenvalue weighted by Crippen LogP contribution is -2.33. The highest BCUT2D eigenvalue weighted by Gasteiger charge is 2.21. The Bertz CT molecular complexity index is 2010. The molecule has 2 aliphatic heterocycles. The first-order valence-corrected chi connectivity index (χ1v) is 16.6. The number of hydrazine groups is 2. The third kappa shape index (κ3) is 6.74. The van der Waals surface area contributed by atoms with Gasteiger partial charge in [0.25, 0.3) is 20.2 Å². The first-order chi connectivity index (χ1) is 22.1. The summed E-state index contributed by atoms with van der Waals surface area (Å²) in [5.74, 6) is 0. The third-order valence-electron chi connectivity index (χ3n) is 6.91. The van der Waals surface area contributed by atoms with Crippen LogP contribution in [0.2, 0.25) is 0 Å². The predicted octanol–water partition coefficient (Wildman–Crippen LogP) is 4.84. The van der Waals surface area contributed by atoms with E-state index in [2.05, 4.69) is 21.1 Å². The molecule has 14 heteroatoms. The molecule has 2 aliphatic rings. The van der Waals surface area contributed by atoms with Gasteiger partial charge in [0.2, 0.25) is 0 Å². The highest BCUT2D eigenvalue weighted by molar-refractivity contribution is 7.86. The van der Waals surface area contributed by atoms with E-state index >= 15 is 0 Å². The lowest BCUT2D eigenvalue weighted by Gasteiger charge is -2.24. The van der Waals surface area contributed by atoms with Crippen LogP contribution in [0.25, 0.3) is 12.2 Å². The van der Waals surface area contributed by atoms with E-state index in [0.29, 0.717) is 22.8 Å². The fourth-order valence-corrected chi connectivity index (χ4v) is 6.12. The van der Waals surface area contributed by atoms with Crippen molar-refractivity contribution >= 4 is 55.2 Å². The molecule has 46 heavy (non-hydrogen) atoms. The molecule has 232 valence electrons. The number of anilines is 2. The zero-order valence-corrected chi connectivity index (χ0v) is 25.5. The van der Waals surface area contributed by atoms with Crippen LogP contribution in [0.1, 0.15) is 22.3 Å². The summed E-state index contributed by atoms with van der Waals surface area (Å²) in [6.45, 7) is 0. The van der Waals surface area contributed by atoms with E-state index < -0.39 is 30.0 Å². The molecule has 6 rings (SSSR count). The van der Waals surface area contributed by atoms with Gasteiger partial charge in [0.1, 0.15) is 9.79 Å². The number of hydrogen-bond donors (Lipinski definition) is 4. The minimum Gasteiger partial charge on any atom is -0.285 e. The van der Waals surface area contributed by atoms with Gasteiger partial charge in [-0.3, -0.25) is 20.0 Å². The van der Waals surface area contributed by atoms with E-state index in [-0.39, 0.29) is 11.1 Å². The third-order valence-corrected chi connectivity index (χ3v) is 8.73. The van der Waals surface area contributed by atoms with Gasteiger partial charge in [0, 0.05) is 23.5 Å². The van der Waals surface area contributed by atoms with Gasteiger partial charge < -0.3 is 0 Å². The molecule has 0 saturated heterocycles. The van der Waals surface area contributed by atoms with Crippen LogP contribution in [0.5, 0.6) is 0 Å². The monoisotopic (exact) mass is 654 g/mol. The standard InChI is InChI=1S/C32H26N6O6S2/c39-45(40,41)31-21-27(37-33-19-17-29(35-37)23-7-3-1-4-8-23)15-13-25(31)11-12-26-14-16-28(22-32(26)46(42,43)44)38-34-20-18-30(36-38)24-9-5-2-6-10-24/h1-22,33-34H,(H,39,40,41)(H,42,43,44). The maximum absolute atomic E-state index is 12.4. The van der Waals surface area contributed by atoms with Crippen LogP contribution >= 0.6 is 0 Å².